The van der Waals surface area contributed by atoms with Gasteiger partial charge in [-0.3, -0.25) is 4.79 Å². The SMILES string of the molecule is Cc1cccc(S(=O)(=O)NC2(C(=O)N3CC(S(=O)(=O)CC(C)C)C3)CCCCC2)c1. The summed E-state index contributed by atoms with van der Waals surface area (Å²) in [5.74, 6) is -0.162. The van der Waals surface area contributed by atoms with Gasteiger partial charge in [0.25, 0.3) is 0 Å². The molecule has 2 fully saturated rings. The van der Waals surface area contributed by atoms with Crippen LogP contribution in [0.2, 0.25) is 0 Å². The molecule has 3 rings (SSSR count). The molecule has 1 heterocycles. The number of amides is 1. The molecule has 0 unspecified atom stereocenters. The highest BCUT2D eigenvalue weighted by Crippen LogP contribution is 2.34. The molecule has 168 valence electrons. The summed E-state index contributed by atoms with van der Waals surface area (Å²) in [5, 5.41) is -0.558. The predicted octanol–water partition coefficient (Wildman–Crippen LogP) is 2.26. The van der Waals surface area contributed by atoms with Crippen molar-refractivity contribution in [2.24, 2.45) is 5.92 Å². The van der Waals surface area contributed by atoms with E-state index in [9.17, 15) is 21.6 Å². The maximum atomic E-state index is 13.4. The minimum atomic E-state index is -3.88. The van der Waals surface area contributed by atoms with Gasteiger partial charge in [0.1, 0.15) is 5.54 Å². The Kier molecular flexibility index (Phi) is 6.65. The minimum Gasteiger partial charge on any atom is -0.338 e. The van der Waals surface area contributed by atoms with Gasteiger partial charge in [0, 0.05) is 13.1 Å². The Balaban J connectivity index is 1.79. The van der Waals surface area contributed by atoms with Crippen molar-refractivity contribution in [2.45, 2.75) is 68.6 Å². The lowest BCUT2D eigenvalue weighted by Crippen LogP contribution is -2.67. The van der Waals surface area contributed by atoms with Crippen molar-refractivity contribution in [3.8, 4) is 0 Å². The largest absolute Gasteiger partial charge is 0.338 e. The van der Waals surface area contributed by atoms with Crippen molar-refractivity contribution in [3.05, 3.63) is 29.8 Å². The van der Waals surface area contributed by atoms with E-state index in [0.717, 1.165) is 24.8 Å². The molecule has 2 aliphatic rings. The highest BCUT2D eigenvalue weighted by molar-refractivity contribution is 7.92. The van der Waals surface area contributed by atoms with E-state index in [4.69, 9.17) is 0 Å². The lowest BCUT2D eigenvalue weighted by Gasteiger charge is -2.46. The molecule has 7 nitrogen and oxygen atoms in total. The fourth-order valence-electron chi connectivity index (χ4n) is 4.35. The molecule has 1 saturated heterocycles. The van der Waals surface area contributed by atoms with Crippen molar-refractivity contribution in [3.63, 3.8) is 0 Å². The average Bonchev–Trinajstić information content (AvgIpc) is 2.59. The molecule has 9 heteroatoms. The number of hydrogen-bond acceptors (Lipinski definition) is 5. The van der Waals surface area contributed by atoms with Crippen LogP contribution in [0, 0.1) is 12.8 Å². The molecule has 0 aromatic heterocycles. The second-order valence-electron chi connectivity index (χ2n) is 9.12. The number of benzene rings is 1. The average molecular weight is 457 g/mol. The van der Waals surface area contributed by atoms with E-state index in [2.05, 4.69) is 4.72 Å². The van der Waals surface area contributed by atoms with Gasteiger partial charge in [0.05, 0.1) is 15.9 Å². The van der Waals surface area contributed by atoms with Crippen LogP contribution in [-0.2, 0) is 24.7 Å². The third kappa shape index (κ3) is 4.89. The van der Waals surface area contributed by atoms with Crippen molar-refractivity contribution in [1.82, 2.24) is 9.62 Å². The molecule has 1 amide bonds. The Morgan fingerprint density at radius 2 is 1.77 bits per heavy atom. The second kappa shape index (κ2) is 8.59. The van der Waals surface area contributed by atoms with Crippen LogP contribution in [0.1, 0.15) is 51.5 Å². The third-order valence-electron chi connectivity index (χ3n) is 5.95. The maximum absolute atomic E-state index is 13.4. The summed E-state index contributed by atoms with van der Waals surface area (Å²) < 4.78 is 53.7. The van der Waals surface area contributed by atoms with Crippen molar-refractivity contribution in [2.75, 3.05) is 18.8 Å². The highest BCUT2D eigenvalue weighted by atomic mass is 32.2. The summed E-state index contributed by atoms with van der Waals surface area (Å²) in [6.07, 6.45) is 3.32. The first-order valence-corrected chi connectivity index (χ1v) is 13.8. The molecule has 0 radical (unpaired) electrons. The monoisotopic (exact) mass is 456 g/mol. The van der Waals surface area contributed by atoms with Crippen LogP contribution in [0.15, 0.2) is 29.2 Å². The lowest BCUT2D eigenvalue weighted by molar-refractivity contribution is -0.142. The third-order valence-corrected chi connectivity index (χ3v) is 9.93. The fourth-order valence-corrected chi connectivity index (χ4v) is 7.89. The van der Waals surface area contributed by atoms with Gasteiger partial charge >= 0.3 is 0 Å². The molecule has 30 heavy (non-hydrogen) atoms. The normalized spacial score (nSPS) is 20.2. The highest BCUT2D eigenvalue weighted by Gasteiger charge is 2.49. The number of likely N-dealkylation sites (tertiary alicyclic amines) is 1. The van der Waals surface area contributed by atoms with Gasteiger partial charge in [-0.2, -0.15) is 4.72 Å². The van der Waals surface area contributed by atoms with E-state index >= 15 is 0 Å². The molecule has 1 N–H and O–H groups in total. The molecule has 1 aromatic rings. The van der Waals surface area contributed by atoms with Gasteiger partial charge in [-0.15, -0.1) is 0 Å². The van der Waals surface area contributed by atoms with E-state index in [1.807, 2.05) is 26.8 Å². The van der Waals surface area contributed by atoms with Crippen LogP contribution < -0.4 is 4.72 Å². The van der Waals surface area contributed by atoms with Crippen LogP contribution in [0.25, 0.3) is 0 Å². The first-order valence-electron chi connectivity index (χ1n) is 10.6. The second-order valence-corrected chi connectivity index (χ2v) is 13.1. The number of aryl methyl sites for hydroxylation is 1. The minimum absolute atomic E-state index is 0.0329. The number of nitrogens with one attached hydrogen (secondary N) is 1. The van der Waals surface area contributed by atoms with Gasteiger partial charge in [0.15, 0.2) is 9.84 Å². The van der Waals surface area contributed by atoms with Gasteiger partial charge in [-0.25, -0.2) is 16.8 Å². The van der Waals surface area contributed by atoms with E-state index in [0.29, 0.717) is 12.8 Å². The van der Waals surface area contributed by atoms with Gasteiger partial charge < -0.3 is 4.90 Å². The molecule has 0 bridgehead atoms. The first-order chi connectivity index (χ1) is 14.0. The van der Waals surface area contributed by atoms with Crippen LogP contribution in [-0.4, -0.2) is 57.3 Å². The Hall–Kier alpha value is -1.45. The standard InChI is InChI=1S/C21H32N2O5S2/c1-16(2)15-29(25,26)19-13-23(14-19)20(24)21(10-5-4-6-11-21)22-30(27,28)18-9-7-8-17(3)12-18/h7-9,12,16,19,22H,4-6,10-11,13-15H2,1-3H3. The Morgan fingerprint density at radius 3 is 2.33 bits per heavy atom. The van der Waals surface area contributed by atoms with Crippen LogP contribution in [0.3, 0.4) is 0 Å². The summed E-state index contributed by atoms with van der Waals surface area (Å²) in [7, 11) is -7.13. The van der Waals surface area contributed by atoms with Crippen LogP contribution in [0.4, 0.5) is 0 Å². The van der Waals surface area contributed by atoms with Gasteiger partial charge in [-0.1, -0.05) is 45.2 Å². The van der Waals surface area contributed by atoms with Gasteiger partial charge in [0.2, 0.25) is 15.9 Å². The Labute approximate surface area is 180 Å². The van der Waals surface area contributed by atoms with Crippen molar-refractivity contribution >= 4 is 25.8 Å². The zero-order valence-corrected chi connectivity index (χ0v) is 19.6. The molecule has 1 aromatic carbocycles. The summed E-state index contributed by atoms with van der Waals surface area (Å²) >= 11 is 0. The molecule has 1 aliphatic heterocycles. The summed E-state index contributed by atoms with van der Waals surface area (Å²) in [5.41, 5.74) is -0.379. The molecule has 1 aliphatic carbocycles. The number of carbonyl (C=O) groups is 1. The predicted molar refractivity (Wildman–Crippen MR) is 116 cm³/mol. The number of rotatable bonds is 7. The molecular weight excluding hydrogens is 424 g/mol. The zero-order chi connectivity index (χ0) is 22.2. The van der Waals surface area contributed by atoms with Gasteiger partial charge in [-0.05, 0) is 43.4 Å². The molecule has 0 atom stereocenters. The van der Waals surface area contributed by atoms with E-state index in [1.54, 1.807) is 12.1 Å². The maximum Gasteiger partial charge on any atom is 0.243 e. The van der Waals surface area contributed by atoms with Crippen LogP contribution in [0.5, 0.6) is 0 Å². The van der Waals surface area contributed by atoms with E-state index < -0.39 is 30.6 Å². The number of nitrogens with zero attached hydrogens (tertiary/aromatic N) is 1. The molecule has 1 saturated carbocycles. The topological polar surface area (TPSA) is 101 Å². The number of sulfone groups is 1. The molecule has 0 spiro atoms. The van der Waals surface area contributed by atoms with Crippen molar-refractivity contribution < 1.29 is 21.6 Å². The number of hydrogen-bond donors (Lipinski definition) is 1. The zero-order valence-electron chi connectivity index (χ0n) is 17.9. The Bertz CT molecular complexity index is 990. The summed E-state index contributed by atoms with van der Waals surface area (Å²) in [4.78, 5) is 15.0. The first kappa shape index (κ1) is 23.2. The summed E-state index contributed by atoms with van der Waals surface area (Å²) in [6, 6.07) is 6.60. The smallest absolute Gasteiger partial charge is 0.243 e. The van der Waals surface area contributed by atoms with E-state index in [1.165, 1.54) is 11.0 Å². The number of carbonyl (C=O) groups excluding carboxylic acids is 1. The van der Waals surface area contributed by atoms with Crippen molar-refractivity contribution in [1.29, 1.82) is 0 Å². The number of sulfonamides is 1. The molecular formula is C21H32N2O5S2. The van der Waals surface area contributed by atoms with E-state index in [-0.39, 0.29) is 35.6 Å². The quantitative estimate of drug-likeness (QED) is 0.678. The summed E-state index contributed by atoms with van der Waals surface area (Å²) in [6.45, 7) is 5.81. The lowest BCUT2D eigenvalue weighted by atomic mass is 9.81. The Morgan fingerprint density at radius 1 is 1.13 bits per heavy atom. The van der Waals surface area contributed by atoms with Crippen LogP contribution >= 0.6 is 0 Å². The fraction of sp³-hybridized carbons (Fsp3) is 0.667.